The van der Waals surface area contributed by atoms with E-state index in [1.807, 2.05) is 67.6 Å². The maximum Gasteiger partial charge on any atom is 0.300 e. The second-order valence-electron chi connectivity index (χ2n) is 10.3. The van der Waals surface area contributed by atoms with E-state index in [1.165, 1.54) is 4.90 Å². The van der Waals surface area contributed by atoms with Gasteiger partial charge in [0.15, 0.2) is 0 Å². The van der Waals surface area contributed by atoms with Crippen LogP contribution < -0.4 is 14.5 Å². The molecule has 4 rings (SSSR count). The molecule has 0 spiro atoms. The number of Topliss-reactive ketones (excluding diaryl/α,β-unsaturated/α-hetero) is 1. The zero-order valence-corrected chi connectivity index (χ0v) is 24.4. The van der Waals surface area contributed by atoms with Gasteiger partial charge in [0.25, 0.3) is 11.7 Å². The number of amides is 1. The minimum absolute atomic E-state index is 0.0824. The molecule has 3 aromatic carbocycles. The smallest absolute Gasteiger partial charge is 0.300 e. The summed E-state index contributed by atoms with van der Waals surface area (Å²) in [5.74, 6) is -0.659. The highest BCUT2D eigenvalue weighted by Gasteiger charge is 2.47. The van der Waals surface area contributed by atoms with Crippen LogP contribution in [0.2, 0.25) is 0 Å². The molecule has 6 nitrogen and oxygen atoms in total. The fraction of sp³-hybridized carbons (Fsp3) is 0.353. The monoisotopic (exact) mass is 540 g/mol. The third-order valence-corrected chi connectivity index (χ3v) is 7.61. The molecule has 0 radical (unpaired) electrons. The van der Waals surface area contributed by atoms with Gasteiger partial charge >= 0.3 is 0 Å². The molecule has 0 bridgehead atoms. The molecule has 1 saturated heterocycles. The first-order valence-corrected chi connectivity index (χ1v) is 14.3. The lowest BCUT2D eigenvalue weighted by molar-refractivity contribution is -0.132. The summed E-state index contributed by atoms with van der Waals surface area (Å²) in [5.41, 5.74) is 5.06. The van der Waals surface area contributed by atoms with E-state index in [1.54, 1.807) is 6.07 Å². The van der Waals surface area contributed by atoms with Crippen LogP contribution in [0.5, 0.6) is 5.75 Å². The topological polar surface area (TPSA) is 70.1 Å². The van der Waals surface area contributed by atoms with E-state index in [9.17, 15) is 14.7 Å². The number of ketones is 1. The molecule has 1 unspecified atom stereocenters. The van der Waals surface area contributed by atoms with Crippen molar-refractivity contribution in [2.45, 2.75) is 59.9 Å². The van der Waals surface area contributed by atoms with Gasteiger partial charge in [-0.05, 0) is 92.3 Å². The number of carbonyl (C=O) groups excluding carboxylic acids is 2. The number of aliphatic hydroxyl groups is 1. The Hall–Kier alpha value is -4.06. The van der Waals surface area contributed by atoms with Crippen molar-refractivity contribution in [3.05, 3.63) is 94.6 Å². The number of nitrogens with zero attached hydrogens (tertiary/aromatic N) is 2. The Labute approximate surface area is 237 Å². The molecule has 1 N–H and O–H groups in total. The lowest BCUT2D eigenvalue weighted by atomic mass is 9.93. The SMILES string of the molecule is CCOc1ccc(/C(O)=C2/C(=O)C(=O)N(c3ccc(CC)cc3)C2c2ccc(N(CC)CC)cc2)cc1C(C)C. The molecule has 1 amide bonds. The van der Waals surface area contributed by atoms with E-state index >= 15 is 0 Å². The standard InChI is InChI=1S/C34H40N2O4/c1-7-23-11-16-27(17-12-23)36-31(24-13-18-26(19-14-24)35(8-2)9-3)30(33(38)34(36)39)32(37)25-15-20-29(40-10-4)28(21-25)22(5)6/h11-22,31,37H,7-10H2,1-6H3/b32-30-. The fourth-order valence-corrected chi connectivity index (χ4v) is 5.35. The van der Waals surface area contributed by atoms with Crippen molar-refractivity contribution in [2.75, 3.05) is 29.5 Å². The Morgan fingerprint density at radius 3 is 2.12 bits per heavy atom. The molecule has 0 aromatic heterocycles. The van der Waals surface area contributed by atoms with Crippen molar-refractivity contribution in [1.29, 1.82) is 0 Å². The molecule has 1 fully saturated rings. The van der Waals surface area contributed by atoms with Crippen LogP contribution in [0.25, 0.3) is 5.76 Å². The Kier molecular flexibility index (Phi) is 8.98. The van der Waals surface area contributed by atoms with Crippen molar-refractivity contribution in [2.24, 2.45) is 0 Å². The summed E-state index contributed by atoms with van der Waals surface area (Å²) in [4.78, 5) is 30.9. The van der Waals surface area contributed by atoms with E-state index in [-0.39, 0.29) is 17.3 Å². The predicted octanol–water partition coefficient (Wildman–Crippen LogP) is 7.24. The van der Waals surface area contributed by atoms with Gasteiger partial charge in [0.2, 0.25) is 0 Å². The average molecular weight is 541 g/mol. The summed E-state index contributed by atoms with van der Waals surface area (Å²) in [6, 6.07) is 20.2. The summed E-state index contributed by atoms with van der Waals surface area (Å²) in [6.07, 6.45) is 0.866. The molecule has 0 aliphatic carbocycles. The van der Waals surface area contributed by atoms with Gasteiger partial charge in [-0.1, -0.05) is 45.0 Å². The van der Waals surface area contributed by atoms with Crippen molar-refractivity contribution >= 4 is 28.8 Å². The predicted molar refractivity (Wildman–Crippen MR) is 162 cm³/mol. The van der Waals surface area contributed by atoms with Gasteiger partial charge in [-0.3, -0.25) is 14.5 Å². The minimum Gasteiger partial charge on any atom is -0.507 e. The van der Waals surface area contributed by atoms with Crippen LogP contribution in [-0.2, 0) is 16.0 Å². The average Bonchev–Trinajstić information content (AvgIpc) is 3.23. The van der Waals surface area contributed by atoms with Crippen molar-refractivity contribution in [1.82, 2.24) is 0 Å². The molecule has 1 atom stereocenters. The fourth-order valence-electron chi connectivity index (χ4n) is 5.35. The second-order valence-corrected chi connectivity index (χ2v) is 10.3. The highest BCUT2D eigenvalue weighted by atomic mass is 16.5. The Morgan fingerprint density at radius 2 is 1.57 bits per heavy atom. The number of carbonyl (C=O) groups is 2. The lowest BCUT2D eigenvalue weighted by Gasteiger charge is -2.27. The number of hydrogen-bond donors (Lipinski definition) is 1. The first kappa shape index (κ1) is 28.9. The maximum absolute atomic E-state index is 13.6. The van der Waals surface area contributed by atoms with Crippen LogP contribution in [0.3, 0.4) is 0 Å². The molecular weight excluding hydrogens is 500 g/mol. The Morgan fingerprint density at radius 1 is 0.925 bits per heavy atom. The number of aryl methyl sites for hydroxylation is 1. The molecule has 1 aliphatic rings. The number of ether oxygens (including phenoxy) is 1. The molecule has 40 heavy (non-hydrogen) atoms. The summed E-state index contributed by atoms with van der Waals surface area (Å²) in [5, 5.41) is 11.7. The van der Waals surface area contributed by atoms with Gasteiger partial charge in [-0.25, -0.2) is 0 Å². The zero-order chi connectivity index (χ0) is 29.0. The van der Waals surface area contributed by atoms with Gasteiger partial charge < -0.3 is 14.7 Å². The van der Waals surface area contributed by atoms with E-state index < -0.39 is 17.7 Å². The van der Waals surface area contributed by atoms with E-state index in [4.69, 9.17) is 4.74 Å². The first-order chi connectivity index (χ1) is 19.2. The number of aliphatic hydroxyl groups excluding tert-OH is 1. The van der Waals surface area contributed by atoms with Crippen LogP contribution in [0.1, 0.15) is 75.8 Å². The van der Waals surface area contributed by atoms with Gasteiger partial charge in [-0.2, -0.15) is 0 Å². The Bertz CT molecular complexity index is 1390. The van der Waals surface area contributed by atoms with Gasteiger partial charge in [0.1, 0.15) is 11.5 Å². The second kappa shape index (κ2) is 12.4. The summed E-state index contributed by atoms with van der Waals surface area (Å²) >= 11 is 0. The van der Waals surface area contributed by atoms with Gasteiger partial charge in [0.05, 0.1) is 18.2 Å². The molecule has 1 aliphatic heterocycles. The maximum atomic E-state index is 13.6. The van der Waals surface area contributed by atoms with E-state index in [0.717, 1.165) is 47.6 Å². The zero-order valence-electron chi connectivity index (χ0n) is 24.4. The summed E-state index contributed by atoms with van der Waals surface area (Å²) in [6.45, 7) is 14.6. The summed E-state index contributed by atoms with van der Waals surface area (Å²) in [7, 11) is 0. The molecule has 1 heterocycles. The van der Waals surface area contributed by atoms with E-state index in [0.29, 0.717) is 17.9 Å². The van der Waals surface area contributed by atoms with Crippen LogP contribution in [0, 0.1) is 0 Å². The summed E-state index contributed by atoms with van der Waals surface area (Å²) < 4.78 is 5.80. The van der Waals surface area contributed by atoms with E-state index in [2.05, 4.69) is 39.5 Å². The van der Waals surface area contributed by atoms with Crippen LogP contribution in [-0.4, -0.2) is 36.5 Å². The first-order valence-electron chi connectivity index (χ1n) is 14.3. The normalized spacial score (nSPS) is 16.6. The van der Waals surface area contributed by atoms with Crippen LogP contribution >= 0.6 is 0 Å². The molecule has 3 aromatic rings. The number of anilines is 2. The third-order valence-electron chi connectivity index (χ3n) is 7.61. The highest BCUT2D eigenvalue weighted by molar-refractivity contribution is 6.51. The van der Waals surface area contributed by atoms with Crippen molar-refractivity contribution in [3.8, 4) is 5.75 Å². The lowest BCUT2D eigenvalue weighted by Crippen LogP contribution is -2.29. The van der Waals surface area contributed by atoms with Crippen molar-refractivity contribution < 1.29 is 19.4 Å². The quantitative estimate of drug-likeness (QED) is 0.167. The van der Waals surface area contributed by atoms with Crippen LogP contribution in [0.4, 0.5) is 11.4 Å². The van der Waals surface area contributed by atoms with Gasteiger partial charge in [0, 0.05) is 30.0 Å². The Balaban J connectivity index is 1.90. The largest absolute Gasteiger partial charge is 0.507 e. The molecule has 6 heteroatoms. The minimum atomic E-state index is -0.771. The van der Waals surface area contributed by atoms with Gasteiger partial charge in [-0.15, -0.1) is 0 Å². The third kappa shape index (κ3) is 5.48. The van der Waals surface area contributed by atoms with Crippen LogP contribution in [0.15, 0.2) is 72.3 Å². The molecule has 210 valence electrons. The van der Waals surface area contributed by atoms with Crippen molar-refractivity contribution in [3.63, 3.8) is 0 Å². The number of benzene rings is 3. The number of hydrogen-bond acceptors (Lipinski definition) is 5. The number of rotatable bonds is 10. The molecular formula is C34H40N2O4. The highest BCUT2D eigenvalue weighted by Crippen LogP contribution is 2.43. The molecule has 0 saturated carbocycles.